The predicted octanol–water partition coefficient (Wildman–Crippen LogP) is 3.64. The molecule has 0 aliphatic carbocycles. The molecule has 2 heteroatoms. The molecule has 2 aromatic carbocycles. The molecule has 0 aliphatic heterocycles. The van der Waals surface area contributed by atoms with Crippen molar-refractivity contribution in [2.75, 3.05) is 0 Å². The maximum Gasteiger partial charge on any atom is 0.0933 e. The highest BCUT2D eigenvalue weighted by molar-refractivity contribution is 5.98. The van der Waals surface area contributed by atoms with Crippen LogP contribution in [0.25, 0.3) is 27.2 Å². The third kappa shape index (κ3) is 1.18. The van der Waals surface area contributed by atoms with Crippen molar-refractivity contribution in [3.63, 3.8) is 0 Å². The van der Waals surface area contributed by atoms with Crippen molar-refractivity contribution >= 4 is 27.2 Å². The van der Waals surface area contributed by atoms with Crippen LogP contribution in [-0.4, -0.2) is 9.61 Å². The van der Waals surface area contributed by atoms with E-state index < -0.39 is 0 Å². The Balaban J connectivity index is 2.28. The number of hydrogen-bond acceptors (Lipinski definition) is 1. The zero-order valence-corrected chi connectivity index (χ0v) is 9.17. The van der Waals surface area contributed by atoms with Crippen LogP contribution in [0.15, 0.2) is 60.8 Å². The van der Waals surface area contributed by atoms with Gasteiger partial charge in [0.1, 0.15) is 0 Å². The van der Waals surface area contributed by atoms with Gasteiger partial charge in [0.15, 0.2) is 0 Å². The first-order chi connectivity index (χ1) is 8.42. The van der Waals surface area contributed by atoms with Crippen molar-refractivity contribution in [2.24, 2.45) is 0 Å². The molecule has 4 rings (SSSR count). The minimum Gasteiger partial charge on any atom is -0.239 e. The highest BCUT2D eigenvalue weighted by Crippen LogP contribution is 2.23. The van der Waals surface area contributed by atoms with Gasteiger partial charge in [-0.15, -0.1) is 0 Å². The van der Waals surface area contributed by atoms with Crippen molar-refractivity contribution in [3.05, 3.63) is 60.8 Å². The van der Waals surface area contributed by atoms with E-state index in [1.165, 1.54) is 21.7 Å². The molecule has 4 aromatic rings. The minimum absolute atomic E-state index is 1.04. The third-order valence-corrected chi connectivity index (χ3v) is 3.19. The molecule has 2 aromatic heterocycles. The molecule has 80 valence electrons. The van der Waals surface area contributed by atoms with Gasteiger partial charge in [-0.3, -0.25) is 0 Å². The molecule has 0 atom stereocenters. The summed E-state index contributed by atoms with van der Waals surface area (Å²) in [5.74, 6) is 0. The van der Waals surface area contributed by atoms with Crippen LogP contribution >= 0.6 is 0 Å². The number of nitrogens with zero attached hydrogens (tertiary/aromatic N) is 2. The van der Waals surface area contributed by atoms with Gasteiger partial charge in [-0.2, -0.15) is 5.10 Å². The Bertz CT molecular complexity index is 837. The average molecular weight is 218 g/mol. The summed E-state index contributed by atoms with van der Waals surface area (Å²) in [6.45, 7) is 0. The lowest BCUT2D eigenvalue weighted by Gasteiger charge is -1.98. The first-order valence-electron chi connectivity index (χ1n) is 5.68. The molecule has 0 saturated carbocycles. The topological polar surface area (TPSA) is 17.3 Å². The van der Waals surface area contributed by atoms with Crippen LogP contribution in [0.1, 0.15) is 0 Å². The summed E-state index contributed by atoms with van der Waals surface area (Å²) in [6.07, 6.45) is 2.09. The van der Waals surface area contributed by atoms with Crippen molar-refractivity contribution in [3.8, 4) is 0 Å². The van der Waals surface area contributed by atoms with Crippen molar-refractivity contribution in [2.45, 2.75) is 0 Å². The van der Waals surface area contributed by atoms with Crippen LogP contribution < -0.4 is 0 Å². The Morgan fingerprint density at radius 3 is 2.53 bits per heavy atom. The number of hydrogen-bond donors (Lipinski definition) is 0. The van der Waals surface area contributed by atoms with Gasteiger partial charge in [0, 0.05) is 17.0 Å². The number of benzene rings is 2. The van der Waals surface area contributed by atoms with E-state index in [1.807, 2.05) is 16.6 Å². The Morgan fingerprint density at radius 1 is 0.824 bits per heavy atom. The monoisotopic (exact) mass is 218 g/mol. The predicted molar refractivity (Wildman–Crippen MR) is 70.2 cm³/mol. The molecular formula is C15H10N2. The Morgan fingerprint density at radius 2 is 1.59 bits per heavy atom. The molecule has 0 radical (unpaired) electrons. The van der Waals surface area contributed by atoms with Crippen molar-refractivity contribution in [1.82, 2.24) is 9.61 Å². The van der Waals surface area contributed by atoms with E-state index in [0.717, 1.165) is 5.52 Å². The number of aromatic nitrogens is 2. The van der Waals surface area contributed by atoms with Gasteiger partial charge in [-0.1, -0.05) is 42.5 Å². The van der Waals surface area contributed by atoms with Crippen LogP contribution in [0, 0.1) is 0 Å². The molecule has 0 aliphatic rings. The number of pyridine rings is 1. The van der Waals surface area contributed by atoms with Gasteiger partial charge in [0.05, 0.1) is 11.0 Å². The second-order valence-corrected chi connectivity index (χ2v) is 4.25. The fraction of sp³-hybridized carbons (Fsp3) is 0. The van der Waals surface area contributed by atoms with E-state index in [1.54, 1.807) is 0 Å². The van der Waals surface area contributed by atoms with Crippen LogP contribution in [-0.2, 0) is 0 Å². The summed E-state index contributed by atoms with van der Waals surface area (Å²) in [5, 5.41) is 8.26. The number of rotatable bonds is 0. The van der Waals surface area contributed by atoms with E-state index in [2.05, 4.69) is 53.8 Å². The molecule has 0 bridgehead atoms. The second kappa shape index (κ2) is 3.08. The molecular weight excluding hydrogens is 208 g/mol. The summed E-state index contributed by atoms with van der Waals surface area (Å²) < 4.78 is 1.97. The SMILES string of the molecule is c1ccc2cn3nc4ccccc4c3cc2c1. The van der Waals surface area contributed by atoms with Crippen LogP contribution in [0.2, 0.25) is 0 Å². The van der Waals surface area contributed by atoms with Crippen LogP contribution in [0.5, 0.6) is 0 Å². The molecule has 0 fully saturated rings. The van der Waals surface area contributed by atoms with Crippen LogP contribution in [0.4, 0.5) is 0 Å². The summed E-state index contributed by atoms with van der Waals surface area (Å²) in [4.78, 5) is 0. The second-order valence-electron chi connectivity index (χ2n) is 4.25. The largest absolute Gasteiger partial charge is 0.239 e. The maximum absolute atomic E-state index is 4.58. The standard InChI is InChI=1S/C15H10N2/c1-2-6-12-10-17-15(9-11(12)5-1)13-7-3-4-8-14(13)16-17/h1-10H. The van der Waals surface area contributed by atoms with E-state index in [9.17, 15) is 0 Å². The Labute approximate surface area is 98.1 Å². The maximum atomic E-state index is 4.58. The van der Waals surface area contributed by atoms with Gasteiger partial charge in [-0.25, -0.2) is 4.52 Å². The van der Waals surface area contributed by atoms with Gasteiger partial charge >= 0.3 is 0 Å². The van der Waals surface area contributed by atoms with Crippen LogP contribution in [0.3, 0.4) is 0 Å². The zero-order chi connectivity index (χ0) is 11.2. The minimum atomic E-state index is 1.04. The molecule has 0 spiro atoms. The molecule has 0 N–H and O–H groups in total. The van der Waals surface area contributed by atoms with E-state index in [4.69, 9.17) is 0 Å². The lowest BCUT2D eigenvalue weighted by atomic mass is 10.1. The molecule has 2 heterocycles. The van der Waals surface area contributed by atoms with E-state index >= 15 is 0 Å². The molecule has 17 heavy (non-hydrogen) atoms. The van der Waals surface area contributed by atoms with Gasteiger partial charge in [0.2, 0.25) is 0 Å². The first kappa shape index (κ1) is 8.76. The average Bonchev–Trinajstić information content (AvgIpc) is 2.73. The smallest absolute Gasteiger partial charge is 0.0933 e. The highest BCUT2D eigenvalue weighted by atomic mass is 15.2. The first-order valence-corrected chi connectivity index (χ1v) is 5.68. The molecule has 2 nitrogen and oxygen atoms in total. The lowest BCUT2D eigenvalue weighted by Crippen LogP contribution is -1.85. The summed E-state index contributed by atoms with van der Waals surface area (Å²) in [7, 11) is 0. The fourth-order valence-electron chi connectivity index (χ4n) is 2.35. The molecule has 0 saturated heterocycles. The quantitative estimate of drug-likeness (QED) is 0.440. The summed E-state index contributed by atoms with van der Waals surface area (Å²) in [6, 6.07) is 18.8. The summed E-state index contributed by atoms with van der Waals surface area (Å²) in [5.41, 5.74) is 2.21. The third-order valence-electron chi connectivity index (χ3n) is 3.19. The molecule has 0 unspecified atom stereocenters. The molecule has 0 amide bonds. The van der Waals surface area contributed by atoms with Crippen molar-refractivity contribution in [1.29, 1.82) is 0 Å². The Kier molecular flexibility index (Phi) is 1.59. The number of fused-ring (bicyclic) bond motifs is 4. The van der Waals surface area contributed by atoms with Gasteiger partial charge < -0.3 is 0 Å². The lowest BCUT2D eigenvalue weighted by molar-refractivity contribution is 0.991. The van der Waals surface area contributed by atoms with E-state index in [0.29, 0.717) is 0 Å². The normalized spacial score (nSPS) is 11.5. The van der Waals surface area contributed by atoms with Crippen molar-refractivity contribution < 1.29 is 0 Å². The summed E-state index contributed by atoms with van der Waals surface area (Å²) >= 11 is 0. The highest BCUT2D eigenvalue weighted by Gasteiger charge is 2.04. The van der Waals surface area contributed by atoms with Gasteiger partial charge in [-0.05, 0) is 17.5 Å². The fourth-order valence-corrected chi connectivity index (χ4v) is 2.35. The van der Waals surface area contributed by atoms with Gasteiger partial charge in [0.25, 0.3) is 0 Å². The van der Waals surface area contributed by atoms with E-state index in [-0.39, 0.29) is 0 Å². The zero-order valence-electron chi connectivity index (χ0n) is 9.17. The Hall–Kier alpha value is -2.35.